The molecule has 1 saturated heterocycles. The van der Waals surface area contributed by atoms with Crippen LogP contribution in [0.4, 0.5) is 5.82 Å². The topological polar surface area (TPSA) is 125 Å². The van der Waals surface area contributed by atoms with Crippen LogP contribution in [0.1, 0.15) is 27.2 Å². The van der Waals surface area contributed by atoms with Crippen LogP contribution in [-0.2, 0) is 14.3 Å². The molecule has 1 aliphatic heterocycles. The average Bonchev–Trinajstić information content (AvgIpc) is 3.30. The molecule has 10 nitrogen and oxygen atoms in total. The number of nitrogens with two attached hydrogens (primary N) is 1. The first-order valence-electron chi connectivity index (χ1n) is 11.2. The minimum Gasteiger partial charge on any atom is -0.436 e. The summed E-state index contributed by atoms with van der Waals surface area (Å²) >= 11 is 0. The first kappa shape index (κ1) is 23.0. The van der Waals surface area contributed by atoms with E-state index in [4.69, 9.17) is 20.3 Å². The standard InChI is InChI=1S/C26H22N6O4/c1-17-12-19(3-5-21(17)26(34)31-10-11-35-25(15-31)36-16-33)22-6-7-24-29-14-20(32(24)30-22)4-2-18-8-9-28-23(27)13-18/h3,5-9,12-14,16,25H,10-11,15H2,1H3,(H2,27,28). The van der Waals surface area contributed by atoms with E-state index in [9.17, 15) is 9.59 Å². The van der Waals surface area contributed by atoms with Crippen LogP contribution in [0.15, 0.2) is 54.9 Å². The largest absolute Gasteiger partial charge is 0.436 e. The number of imidazole rings is 1. The number of fused-ring (bicyclic) bond motifs is 1. The monoisotopic (exact) mass is 482 g/mol. The van der Waals surface area contributed by atoms with Crippen LogP contribution in [0.3, 0.4) is 0 Å². The van der Waals surface area contributed by atoms with Crippen LogP contribution in [0.2, 0.25) is 0 Å². The molecule has 180 valence electrons. The maximum absolute atomic E-state index is 13.1. The molecule has 1 aliphatic rings. The lowest BCUT2D eigenvalue weighted by Crippen LogP contribution is -2.46. The number of carbonyl (C=O) groups excluding carboxylic acids is 2. The molecule has 4 aromatic rings. The molecule has 1 amide bonds. The summed E-state index contributed by atoms with van der Waals surface area (Å²) in [4.78, 5) is 33.7. The molecule has 1 unspecified atom stereocenters. The molecule has 1 fully saturated rings. The van der Waals surface area contributed by atoms with Gasteiger partial charge in [-0.25, -0.2) is 14.5 Å². The van der Waals surface area contributed by atoms with Gasteiger partial charge in [-0.2, -0.15) is 5.10 Å². The lowest BCUT2D eigenvalue weighted by molar-refractivity contribution is -0.177. The van der Waals surface area contributed by atoms with Crippen LogP contribution < -0.4 is 5.73 Å². The van der Waals surface area contributed by atoms with Crippen molar-refractivity contribution in [2.24, 2.45) is 0 Å². The van der Waals surface area contributed by atoms with Crippen molar-refractivity contribution in [3.63, 3.8) is 0 Å². The van der Waals surface area contributed by atoms with Crippen molar-refractivity contribution in [1.82, 2.24) is 24.5 Å². The van der Waals surface area contributed by atoms with Crippen LogP contribution in [0, 0.1) is 18.8 Å². The first-order valence-corrected chi connectivity index (χ1v) is 11.2. The highest BCUT2D eigenvalue weighted by atomic mass is 16.7. The third-order valence-corrected chi connectivity index (χ3v) is 5.76. The van der Waals surface area contributed by atoms with Gasteiger partial charge in [-0.3, -0.25) is 9.59 Å². The SMILES string of the molecule is Cc1cc(-c2ccc3ncc(C#Cc4ccnc(N)c4)n3n2)ccc1C(=O)N1CCOC(OC=O)C1. The molecule has 0 bridgehead atoms. The molecule has 1 aromatic carbocycles. The lowest BCUT2D eigenvalue weighted by Gasteiger charge is -2.32. The molecule has 0 radical (unpaired) electrons. The van der Waals surface area contributed by atoms with Gasteiger partial charge in [-0.1, -0.05) is 12.0 Å². The minimum atomic E-state index is -0.751. The molecule has 3 aromatic heterocycles. The Hall–Kier alpha value is -4.75. The fourth-order valence-electron chi connectivity index (χ4n) is 3.96. The van der Waals surface area contributed by atoms with Crippen LogP contribution in [0.25, 0.3) is 16.9 Å². The van der Waals surface area contributed by atoms with E-state index < -0.39 is 6.29 Å². The Labute approximate surface area is 206 Å². The van der Waals surface area contributed by atoms with E-state index in [2.05, 4.69) is 21.8 Å². The number of aromatic nitrogens is 4. The fourth-order valence-corrected chi connectivity index (χ4v) is 3.96. The highest BCUT2D eigenvalue weighted by Gasteiger charge is 2.26. The molecule has 36 heavy (non-hydrogen) atoms. The van der Waals surface area contributed by atoms with Crippen molar-refractivity contribution in [2.45, 2.75) is 13.2 Å². The lowest BCUT2D eigenvalue weighted by atomic mass is 10.0. The predicted octanol–water partition coefficient (Wildman–Crippen LogP) is 2.05. The molecule has 0 spiro atoms. The normalized spacial score (nSPS) is 15.2. The van der Waals surface area contributed by atoms with Gasteiger partial charge in [0.25, 0.3) is 12.4 Å². The third-order valence-electron chi connectivity index (χ3n) is 5.76. The van der Waals surface area contributed by atoms with Crippen molar-refractivity contribution in [2.75, 3.05) is 25.4 Å². The summed E-state index contributed by atoms with van der Waals surface area (Å²) in [5.74, 6) is 6.41. The highest BCUT2D eigenvalue weighted by Crippen LogP contribution is 2.23. The Morgan fingerprint density at radius 2 is 2.08 bits per heavy atom. The summed E-state index contributed by atoms with van der Waals surface area (Å²) in [5, 5.41) is 4.72. The van der Waals surface area contributed by atoms with E-state index in [0.29, 0.717) is 48.0 Å². The minimum absolute atomic E-state index is 0.144. The van der Waals surface area contributed by atoms with Crippen molar-refractivity contribution in [3.05, 3.63) is 77.2 Å². The second kappa shape index (κ2) is 9.85. The molecule has 0 aliphatic carbocycles. The van der Waals surface area contributed by atoms with E-state index in [1.807, 2.05) is 31.2 Å². The van der Waals surface area contributed by atoms with Gasteiger partial charge in [0.05, 0.1) is 25.0 Å². The zero-order valence-electron chi connectivity index (χ0n) is 19.4. The number of rotatable bonds is 4. The van der Waals surface area contributed by atoms with Crippen LogP contribution >= 0.6 is 0 Å². The van der Waals surface area contributed by atoms with Gasteiger partial charge < -0.3 is 20.1 Å². The van der Waals surface area contributed by atoms with E-state index in [-0.39, 0.29) is 12.5 Å². The summed E-state index contributed by atoms with van der Waals surface area (Å²) in [6.45, 7) is 3.12. The maximum atomic E-state index is 13.1. The van der Waals surface area contributed by atoms with E-state index in [1.54, 1.807) is 40.0 Å². The summed E-state index contributed by atoms with van der Waals surface area (Å²) in [7, 11) is 0. The van der Waals surface area contributed by atoms with Gasteiger partial charge in [0.1, 0.15) is 11.5 Å². The number of hydrogen-bond acceptors (Lipinski definition) is 8. The van der Waals surface area contributed by atoms with Crippen LogP contribution in [-0.4, -0.2) is 62.8 Å². The molecule has 5 rings (SSSR count). The van der Waals surface area contributed by atoms with Crippen molar-refractivity contribution >= 4 is 23.8 Å². The molecule has 1 atom stereocenters. The molecular weight excluding hydrogens is 460 g/mol. The zero-order chi connectivity index (χ0) is 25.1. The third kappa shape index (κ3) is 4.73. The zero-order valence-corrected chi connectivity index (χ0v) is 19.4. The number of benzene rings is 1. The highest BCUT2D eigenvalue weighted by molar-refractivity contribution is 5.96. The number of aryl methyl sites for hydroxylation is 1. The van der Waals surface area contributed by atoms with Crippen molar-refractivity contribution in [1.29, 1.82) is 0 Å². The van der Waals surface area contributed by atoms with Crippen LogP contribution in [0.5, 0.6) is 0 Å². The van der Waals surface area contributed by atoms with Gasteiger partial charge in [0.15, 0.2) is 5.65 Å². The van der Waals surface area contributed by atoms with Gasteiger partial charge in [-0.05, 0) is 54.8 Å². The Balaban J connectivity index is 1.40. The van der Waals surface area contributed by atoms with E-state index in [1.165, 1.54) is 0 Å². The number of anilines is 1. The molecule has 2 N–H and O–H groups in total. The first-order chi connectivity index (χ1) is 17.5. The van der Waals surface area contributed by atoms with Crippen molar-refractivity contribution in [3.8, 4) is 23.1 Å². The Morgan fingerprint density at radius 3 is 2.89 bits per heavy atom. The fraction of sp³-hybridized carbons (Fsp3) is 0.192. The number of hydrogen-bond donors (Lipinski definition) is 1. The molecular formula is C26H22N6O4. The summed E-state index contributed by atoms with van der Waals surface area (Å²) in [6, 6.07) is 12.8. The Morgan fingerprint density at radius 1 is 1.19 bits per heavy atom. The number of nitrogens with zero attached hydrogens (tertiary/aromatic N) is 5. The average molecular weight is 483 g/mol. The quantitative estimate of drug-likeness (QED) is 0.346. The summed E-state index contributed by atoms with van der Waals surface area (Å²) in [5.41, 5.74) is 10.7. The number of ether oxygens (including phenoxy) is 2. The van der Waals surface area contributed by atoms with Crippen molar-refractivity contribution < 1.29 is 19.1 Å². The van der Waals surface area contributed by atoms with Gasteiger partial charge >= 0.3 is 0 Å². The Kier molecular flexibility index (Phi) is 6.30. The second-order valence-electron chi connectivity index (χ2n) is 8.16. The number of morpholine rings is 1. The Bertz CT molecular complexity index is 1520. The number of pyridine rings is 1. The predicted molar refractivity (Wildman–Crippen MR) is 131 cm³/mol. The van der Waals surface area contributed by atoms with E-state index >= 15 is 0 Å². The smallest absolute Gasteiger partial charge is 0.295 e. The summed E-state index contributed by atoms with van der Waals surface area (Å²) < 4.78 is 11.9. The van der Waals surface area contributed by atoms with Gasteiger partial charge in [-0.15, -0.1) is 0 Å². The molecule has 4 heterocycles. The van der Waals surface area contributed by atoms with Gasteiger partial charge in [0.2, 0.25) is 6.29 Å². The number of amides is 1. The number of nitrogen functional groups attached to an aromatic ring is 1. The molecule has 10 heteroatoms. The van der Waals surface area contributed by atoms with Gasteiger partial charge in [0, 0.05) is 29.4 Å². The van der Waals surface area contributed by atoms with E-state index in [0.717, 1.165) is 16.7 Å². The second-order valence-corrected chi connectivity index (χ2v) is 8.16. The number of carbonyl (C=O) groups is 2. The summed E-state index contributed by atoms with van der Waals surface area (Å²) in [6.07, 6.45) is 2.52. The molecule has 0 saturated carbocycles. The maximum Gasteiger partial charge on any atom is 0.295 e.